The van der Waals surface area contributed by atoms with Crippen LogP contribution in [0, 0.1) is 19.8 Å². The predicted molar refractivity (Wildman–Crippen MR) is 108 cm³/mol. The molecule has 178 valence electrons. The third-order valence-electron chi connectivity index (χ3n) is 4.79. The molecule has 0 bridgehead atoms. The monoisotopic (exact) mass is 493 g/mol. The van der Waals surface area contributed by atoms with Crippen molar-refractivity contribution in [2.24, 2.45) is 11.7 Å². The average Bonchev–Trinajstić information content (AvgIpc) is 3.22. The molecule has 3 aromatic rings. The Morgan fingerprint density at radius 3 is 2.24 bits per heavy atom. The van der Waals surface area contributed by atoms with E-state index in [1.165, 1.54) is 20.8 Å². The van der Waals surface area contributed by atoms with Gasteiger partial charge in [-0.2, -0.15) is 31.4 Å². The molecular formula is C19H17F6N5O2S. The van der Waals surface area contributed by atoms with Gasteiger partial charge < -0.3 is 11.1 Å². The van der Waals surface area contributed by atoms with Gasteiger partial charge >= 0.3 is 12.4 Å². The number of thiophene rings is 1. The Labute approximate surface area is 186 Å². The van der Waals surface area contributed by atoms with Crippen molar-refractivity contribution in [1.82, 2.24) is 14.8 Å². The molecule has 0 saturated heterocycles. The number of hydrogen-bond donors (Lipinski definition) is 2. The molecule has 7 nitrogen and oxygen atoms in total. The first kappa shape index (κ1) is 24.5. The number of nitrogens with one attached hydrogen (secondary N) is 1. The summed E-state index contributed by atoms with van der Waals surface area (Å²) >= 11 is 0.600. The third kappa shape index (κ3) is 4.94. The van der Waals surface area contributed by atoms with E-state index in [2.05, 4.69) is 15.4 Å². The molecule has 0 saturated carbocycles. The van der Waals surface area contributed by atoms with Crippen molar-refractivity contribution in [3.8, 4) is 0 Å². The van der Waals surface area contributed by atoms with Crippen LogP contribution >= 0.6 is 11.3 Å². The number of hydrogen-bond acceptors (Lipinski definition) is 5. The second kappa shape index (κ2) is 8.32. The van der Waals surface area contributed by atoms with Gasteiger partial charge in [0, 0.05) is 11.1 Å². The van der Waals surface area contributed by atoms with Gasteiger partial charge in [-0.3, -0.25) is 14.3 Å². The number of carbonyl (C=O) groups excluding carboxylic acids is 2. The third-order valence-corrected chi connectivity index (χ3v) is 5.89. The number of pyridine rings is 1. The first-order chi connectivity index (χ1) is 15.1. The Bertz CT molecular complexity index is 1240. The summed E-state index contributed by atoms with van der Waals surface area (Å²) in [6, 6.07) is 1.63. The van der Waals surface area contributed by atoms with Gasteiger partial charge in [0.05, 0.1) is 18.2 Å². The Hall–Kier alpha value is -3.16. The molecule has 2 amide bonds. The largest absolute Gasteiger partial charge is 0.435 e. The summed E-state index contributed by atoms with van der Waals surface area (Å²) in [4.78, 5) is 27.8. The van der Waals surface area contributed by atoms with E-state index >= 15 is 0 Å². The zero-order chi connectivity index (χ0) is 24.9. The molecule has 3 N–H and O–H groups in total. The normalized spacial score (nSPS) is 13.4. The Morgan fingerprint density at radius 1 is 1.12 bits per heavy atom. The molecule has 1 unspecified atom stereocenters. The molecule has 0 fully saturated rings. The van der Waals surface area contributed by atoms with Gasteiger partial charge in [-0.25, -0.2) is 4.98 Å². The number of aromatic nitrogens is 3. The van der Waals surface area contributed by atoms with E-state index in [1.807, 2.05) is 0 Å². The van der Waals surface area contributed by atoms with Crippen LogP contribution in [0.1, 0.15) is 39.2 Å². The Balaban J connectivity index is 1.93. The lowest BCUT2D eigenvalue weighted by molar-refractivity contribution is -0.142. The maximum atomic E-state index is 13.1. The standard InChI is InChI=1S/C19H17F6N5O2S/c1-7-4-10(18(20,21)22)27-17-12(7)13(14(33-17)15(26)31)28-16(32)8(2)6-30-9(3)5-11(29-30)19(23,24)25/h4-5,8H,6H2,1-3H3,(H2,26,31)(H,28,32). The van der Waals surface area contributed by atoms with Crippen molar-refractivity contribution >= 4 is 39.1 Å². The highest BCUT2D eigenvalue weighted by Gasteiger charge is 2.36. The first-order valence-corrected chi connectivity index (χ1v) is 10.1. The number of nitrogens with two attached hydrogens (primary N) is 1. The minimum Gasteiger partial charge on any atom is -0.365 e. The molecule has 0 aliphatic carbocycles. The van der Waals surface area contributed by atoms with Gasteiger partial charge in [-0.05, 0) is 31.5 Å². The van der Waals surface area contributed by atoms with E-state index in [-0.39, 0.29) is 38.6 Å². The van der Waals surface area contributed by atoms with Gasteiger partial charge in [-0.15, -0.1) is 11.3 Å². The van der Waals surface area contributed by atoms with Crippen LogP contribution in [0.3, 0.4) is 0 Å². The van der Waals surface area contributed by atoms with Crippen LogP contribution in [-0.2, 0) is 23.7 Å². The van der Waals surface area contributed by atoms with Crippen molar-refractivity contribution in [3.63, 3.8) is 0 Å². The molecule has 14 heteroatoms. The SMILES string of the molecule is Cc1cc(C(F)(F)F)nc2sc(C(N)=O)c(NC(=O)C(C)Cn3nc(C(F)(F)F)cc3C)c12. The van der Waals surface area contributed by atoms with Gasteiger partial charge in [0.15, 0.2) is 5.69 Å². The van der Waals surface area contributed by atoms with Crippen LogP contribution in [0.25, 0.3) is 10.2 Å². The summed E-state index contributed by atoms with van der Waals surface area (Å²) in [5.74, 6) is -2.59. The van der Waals surface area contributed by atoms with Crippen molar-refractivity contribution in [2.45, 2.75) is 39.7 Å². The zero-order valence-corrected chi connectivity index (χ0v) is 18.2. The zero-order valence-electron chi connectivity index (χ0n) is 17.4. The maximum Gasteiger partial charge on any atom is 0.435 e. The first-order valence-electron chi connectivity index (χ1n) is 9.33. The number of fused-ring (bicyclic) bond motifs is 1. The number of rotatable bonds is 5. The maximum absolute atomic E-state index is 13.1. The topological polar surface area (TPSA) is 103 Å². The van der Waals surface area contributed by atoms with Crippen LogP contribution in [0.4, 0.5) is 32.0 Å². The van der Waals surface area contributed by atoms with Gasteiger partial charge in [0.1, 0.15) is 15.4 Å². The molecule has 3 heterocycles. The second-order valence-corrected chi connectivity index (χ2v) is 8.41. The average molecular weight is 493 g/mol. The molecule has 1 atom stereocenters. The molecular weight excluding hydrogens is 476 g/mol. The molecule has 0 radical (unpaired) electrons. The van der Waals surface area contributed by atoms with Crippen LogP contribution in [0.5, 0.6) is 0 Å². The predicted octanol–water partition coefficient (Wildman–Crippen LogP) is 4.52. The molecule has 0 spiro atoms. The molecule has 0 aromatic carbocycles. The van der Waals surface area contributed by atoms with Crippen LogP contribution in [-0.4, -0.2) is 26.6 Å². The van der Waals surface area contributed by atoms with E-state index in [9.17, 15) is 35.9 Å². The van der Waals surface area contributed by atoms with Crippen molar-refractivity contribution in [2.75, 3.05) is 5.32 Å². The number of amides is 2. The number of halogens is 6. The number of primary amides is 1. The number of alkyl halides is 6. The minimum atomic E-state index is -4.72. The summed E-state index contributed by atoms with van der Waals surface area (Å²) in [5, 5.41) is 6.06. The van der Waals surface area contributed by atoms with E-state index in [4.69, 9.17) is 5.73 Å². The molecule has 33 heavy (non-hydrogen) atoms. The number of aryl methyl sites for hydroxylation is 2. The van der Waals surface area contributed by atoms with Gasteiger partial charge in [0.25, 0.3) is 5.91 Å². The van der Waals surface area contributed by atoms with E-state index in [0.717, 1.165) is 16.8 Å². The van der Waals surface area contributed by atoms with E-state index < -0.39 is 41.5 Å². The molecule has 0 aliphatic heterocycles. The van der Waals surface area contributed by atoms with Crippen molar-refractivity contribution in [1.29, 1.82) is 0 Å². The summed E-state index contributed by atoms with van der Waals surface area (Å²) in [5.41, 5.74) is 3.27. The fourth-order valence-electron chi connectivity index (χ4n) is 3.14. The number of nitrogens with zero attached hydrogens (tertiary/aromatic N) is 3. The highest BCUT2D eigenvalue weighted by Crippen LogP contribution is 2.40. The van der Waals surface area contributed by atoms with Crippen LogP contribution < -0.4 is 11.1 Å². The van der Waals surface area contributed by atoms with Crippen LogP contribution in [0.2, 0.25) is 0 Å². The number of carbonyl (C=O) groups is 2. The van der Waals surface area contributed by atoms with E-state index in [0.29, 0.717) is 11.3 Å². The number of anilines is 1. The molecule has 3 aromatic heterocycles. The lowest BCUT2D eigenvalue weighted by Gasteiger charge is -2.14. The lowest BCUT2D eigenvalue weighted by Crippen LogP contribution is -2.26. The quantitative estimate of drug-likeness (QED) is 0.510. The Morgan fingerprint density at radius 2 is 1.73 bits per heavy atom. The van der Waals surface area contributed by atoms with E-state index in [1.54, 1.807) is 0 Å². The fourth-order valence-corrected chi connectivity index (χ4v) is 4.20. The smallest absolute Gasteiger partial charge is 0.365 e. The molecule has 3 rings (SSSR count). The summed E-state index contributed by atoms with van der Waals surface area (Å²) in [6.45, 7) is 3.98. The second-order valence-electron chi connectivity index (χ2n) is 7.41. The summed E-state index contributed by atoms with van der Waals surface area (Å²) in [7, 11) is 0. The summed E-state index contributed by atoms with van der Waals surface area (Å²) in [6.07, 6.45) is -9.36. The highest BCUT2D eigenvalue weighted by atomic mass is 32.1. The Kier molecular flexibility index (Phi) is 6.17. The minimum absolute atomic E-state index is 0.0914. The van der Waals surface area contributed by atoms with Crippen LogP contribution in [0.15, 0.2) is 12.1 Å². The van der Waals surface area contributed by atoms with Gasteiger partial charge in [0.2, 0.25) is 5.91 Å². The highest BCUT2D eigenvalue weighted by molar-refractivity contribution is 7.21. The summed E-state index contributed by atoms with van der Waals surface area (Å²) < 4.78 is 78.9. The van der Waals surface area contributed by atoms with Crippen molar-refractivity contribution < 1.29 is 35.9 Å². The van der Waals surface area contributed by atoms with Crippen molar-refractivity contribution in [3.05, 3.63) is 39.7 Å². The fraction of sp³-hybridized carbons (Fsp3) is 0.368. The molecule has 0 aliphatic rings. The van der Waals surface area contributed by atoms with Gasteiger partial charge in [-0.1, -0.05) is 6.92 Å². The lowest BCUT2D eigenvalue weighted by atomic mass is 10.1.